The molecule has 3 heterocycles. The number of thiophene rings is 1. The quantitative estimate of drug-likeness (QED) is 0.588. The van der Waals surface area contributed by atoms with Crippen molar-refractivity contribution in [3.8, 4) is 11.5 Å². The maximum atomic E-state index is 13.1. The number of morpholine rings is 1. The van der Waals surface area contributed by atoms with Crippen LogP contribution in [0.15, 0.2) is 29.6 Å². The highest BCUT2D eigenvalue weighted by Gasteiger charge is 2.28. The van der Waals surface area contributed by atoms with Gasteiger partial charge in [-0.25, -0.2) is 0 Å². The van der Waals surface area contributed by atoms with Gasteiger partial charge in [-0.1, -0.05) is 6.07 Å². The summed E-state index contributed by atoms with van der Waals surface area (Å²) >= 11 is 1.54. The average Bonchev–Trinajstić information content (AvgIpc) is 3.26. The molecule has 0 unspecified atom stereocenters. The number of piperidine rings is 1. The fourth-order valence-electron chi connectivity index (χ4n) is 4.54. The monoisotopic (exact) mass is 458 g/mol. The second-order valence-electron chi connectivity index (χ2n) is 8.59. The molecule has 0 bridgehead atoms. The second kappa shape index (κ2) is 11.2. The fraction of sp³-hybridized carbons (Fsp3) is 0.560. The topological polar surface area (TPSA) is 51.2 Å². The van der Waals surface area contributed by atoms with Gasteiger partial charge in [0.15, 0.2) is 11.5 Å². The zero-order valence-electron chi connectivity index (χ0n) is 19.2. The highest BCUT2D eigenvalue weighted by Crippen LogP contribution is 2.30. The van der Waals surface area contributed by atoms with Crippen LogP contribution in [-0.2, 0) is 11.3 Å². The third-order valence-electron chi connectivity index (χ3n) is 6.39. The number of hydrogen-bond donors (Lipinski definition) is 0. The molecule has 0 aliphatic carbocycles. The number of carbonyl (C=O) groups excluding carboxylic acids is 1. The highest BCUT2D eigenvalue weighted by atomic mass is 32.1. The molecule has 1 amide bonds. The number of aryl methyl sites for hydroxylation is 1. The van der Waals surface area contributed by atoms with Gasteiger partial charge < -0.3 is 19.1 Å². The van der Waals surface area contributed by atoms with E-state index >= 15 is 0 Å². The van der Waals surface area contributed by atoms with Crippen LogP contribution in [0.2, 0.25) is 0 Å². The minimum atomic E-state index is 0.173. The summed E-state index contributed by atoms with van der Waals surface area (Å²) in [6.07, 6.45) is 4.10. The zero-order chi connectivity index (χ0) is 22.3. The van der Waals surface area contributed by atoms with Crippen LogP contribution in [0.25, 0.3) is 0 Å². The molecule has 2 aromatic rings. The summed E-state index contributed by atoms with van der Waals surface area (Å²) in [4.78, 5) is 18.5. The Labute approximate surface area is 195 Å². The molecule has 2 aliphatic heterocycles. The summed E-state index contributed by atoms with van der Waals surface area (Å²) in [6.45, 7) is 7.79. The average molecular weight is 459 g/mol. The number of ether oxygens (including phenoxy) is 3. The molecule has 1 aromatic carbocycles. The summed E-state index contributed by atoms with van der Waals surface area (Å²) < 4.78 is 17.2. The van der Waals surface area contributed by atoms with Crippen molar-refractivity contribution >= 4 is 17.2 Å². The molecule has 7 heteroatoms. The Morgan fingerprint density at radius 1 is 1.16 bits per heavy atom. The first-order valence-electron chi connectivity index (χ1n) is 11.6. The molecule has 0 N–H and O–H groups in total. The number of hydrogen-bond acceptors (Lipinski definition) is 6. The number of amides is 1. The lowest BCUT2D eigenvalue weighted by Gasteiger charge is -2.35. The molecule has 6 nitrogen and oxygen atoms in total. The maximum Gasteiger partial charge on any atom is 0.264 e. The summed E-state index contributed by atoms with van der Waals surface area (Å²) in [6, 6.07) is 8.43. The van der Waals surface area contributed by atoms with Crippen molar-refractivity contribution < 1.29 is 19.0 Å². The first-order valence-corrected chi connectivity index (χ1v) is 12.5. The Bertz CT molecular complexity index is 894. The third-order valence-corrected chi connectivity index (χ3v) is 7.40. The van der Waals surface area contributed by atoms with Gasteiger partial charge in [0.05, 0.1) is 31.8 Å². The van der Waals surface area contributed by atoms with Gasteiger partial charge in [-0.3, -0.25) is 9.69 Å². The van der Waals surface area contributed by atoms with Gasteiger partial charge in [0.1, 0.15) is 0 Å². The van der Waals surface area contributed by atoms with E-state index in [0.29, 0.717) is 6.61 Å². The van der Waals surface area contributed by atoms with Crippen molar-refractivity contribution in [2.45, 2.75) is 45.2 Å². The molecule has 1 aromatic heterocycles. The predicted octanol–water partition coefficient (Wildman–Crippen LogP) is 4.36. The van der Waals surface area contributed by atoms with Crippen molar-refractivity contribution in [2.75, 3.05) is 46.6 Å². The number of rotatable bonds is 8. The largest absolute Gasteiger partial charge is 0.493 e. The molecule has 1 atom stereocenters. The zero-order valence-corrected chi connectivity index (χ0v) is 20.0. The molecule has 4 rings (SSSR count). The normalized spacial score (nSPS) is 19.7. The number of benzene rings is 1. The summed E-state index contributed by atoms with van der Waals surface area (Å²) in [5, 5.41) is 2.00. The van der Waals surface area contributed by atoms with E-state index in [0.717, 1.165) is 87.0 Å². The van der Waals surface area contributed by atoms with Gasteiger partial charge in [0, 0.05) is 38.6 Å². The summed E-state index contributed by atoms with van der Waals surface area (Å²) in [5.41, 5.74) is 2.28. The van der Waals surface area contributed by atoms with Crippen molar-refractivity contribution in [3.05, 3.63) is 45.6 Å². The molecule has 0 saturated carbocycles. The van der Waals surface area contributed by atoms with E-state index in [1.165, 1.54) is 5.56 Å². The lowest BCUT2D eigenvalue weighted by Crippen LogP contribution is -2.44. The number of methoxy groups -OCH3 is 1. The minimum Gasteiger partial charge on any atom is -0.493 e. The molecule has 32 heavy (non-hydrogen) atoms. The van der Waals surface area contributed by atoms with E-state index in [1.54, 1.807) is 18.4 Å². The van der Waals surface area contributed by atoms with Crippen LogP contribution < -0.4 is 9.47 Å². The van der Waals surface area contributed by atoms with E-state index in [1.807, 2.05) is 24.4 Å². The molecule has 2 saturated heterocycles. The Morgan fingerprint density at radius 3 is 2.75 bits per heavy atom. The van der Waals surface area contributed by atoms with E-state index in [9.17, 15) is 4.79 Å². The Balaban J connectivity index is 1.37. The first kappa shape index (κ1) is 23.1. The highest BCUT2D eigenvalue weighted by molar-refractivity contribution is 7.12. The Hall–Kier alpha value is -2.09. The predicted molar refractivity (Wildman–Crippen MR) is 127 cm³/mol. The van der Waals surface area contributed by atoms with Crippen molar-refractivity contribution in [1.82, 2.24) is 9.80 Å². The van der Waals surface area contributed by atoms with Crippen LogP contribution in [-0.4, -0.2) is 68.3 Å². The van der Waals surface area contributed by atoms with Gasteiger partial charge in [-0.2, -0.15) is 0 Å². The van der Waals surface area contributed by atoms with Crippen molar-refractivity contribution in [1.29, 1.82) is 0 Å². The van der Waals surface area contributed by atoms with Crippen LogP contribution in [0, 0.1) is 6.92 Å². The van der Waals surface area contributed by atoms with Crippen LogP contribution >= 0.6 is 11.3 Å². The van der Waals surface area contributed by atoms with Crippen LogP contribution in [0.4, 0.5) is 0 Å². The van der Waals surface area contributed by atoms with Crippen LogP contribution in [0.1, 0.15) is 46.5 Å². The van der Waals surface area contributed by atoms with Gasteiger partial charge in [-0.15, -0.1) is 11.3 Å². The number of nitrogens with zero attached hydrogens (tertiary/aromatic N) is 2. The smallest absolute Gasteiger partial charge is 0.264 e. The number of likely N-dealkylation sites (tertiary alicyclic amines) is 1. The van der Waals surface area contributed by atoms with E-state index in [-0.39, 0.29) is 11.9 Å². The van der Waals surface area contributed by atoms with E-state index < -0.39 is 0 Å². The van der Waals surface area contributed by atoms with Crippen LogP contribution in [0.3, 0.4) is 0 Å². The molecule has 174 valence electrons. The SMILES string of the molecule is COc1ccc(CN2CCOCC2)cc1OCC[C@H]1CCCCN1C(=O)c1sccc1C. The third kappa shape index (κ3) is 5.63. The van der Waals surface area contributed by atoms with E-state index in [4.69, 9.17) is 14.2 Å². The second-order valence-corrected chi connectivity index (χ2v) is 9.51. The number of carbonyl (C=O) groups is 1. The summed E-state index contributed by atoms with van der Waals surface area (Å²) in [5.74, 6) is 1.70. The molecular weight excluding hydrogens is 424 g/mol. The summed E-state index contributed by atoms with van der Waals surface area (Å²) in [7, 11) is 1.68. The van der Waals surface area contributed by atoms with Gasteiger partial charge in [0.2, 0.25) is 0 Å². The fourth-order valence-corrected chi connectivity index (χ4v) is 5.43. The van der Waals surface area contributed by atoms with Crippen molar-refractivity contribution in [2.24, 2.45) is 0 Å². The standard InChI is InChI=1S/C25H34N2O4S/c1-19-9-16-32-24(19)25(28)27-10-4-3-5-21(27)8-13-31-23-17-20(6-7-22(23)29-2)18-26-11-14-30-15-12-26/h6-7,9,16-17,21H,3-5,8,10-15,18H2,1-2H3/t21-/m1/s1. The van der Waals surface area contributed by atoms with E-state index in [2.05, 4.69) is 21.9 Å². The van der Waals surface area contributed by atoms with Crippen molar-refractivity contribution in [3.63, 3.8) is 0 Å². The lowest BCUT2D eigenvalue weighted by atomic mass is 9.99. The van der Waals surface area contributed by atoms with Crippen LogP contribution in [0.5, 0.6) is 11.5 Å². The lowest BCUT2D eigenvalue weighted by molar-refractivity contribution is 0.0341. The molecule has 2 aliphatic rings. The van der Waals surface area contributed by atoms with Gasteiger partial charge >= 0.3 is 0 Å². The van der Waals surface area contributed by atoms with Gasteiger partial charge in [-0.05, 0) is 60.9 Å². The molecular formula is C25H34N2O4S. The minimum absolute atomic E-state index is 0.173. The molecule has 0 spiro atoms. The van der Waals surface area contributed by atoms with Gasteiger partial charge in [0.25, 0.3) is 5.91 Å². The molecule has 0 radical (unpaired) electrons. The Morgan fingerprint density at radius 2 is 2.00 bits per heavy atom. The maximum absolute atomic E-state index is 13.1. The molecule has 2 fully saturated rings. The first-order chi connectivity index (χ1) is 15.7. The Kier molecular flexibility index (Phi) is 8.05.